The van der Waals surface area contributed by atoms with Crippen LogP contribution in [0, 0.1) is 0 Å². The molecule has 0 amide bonds. The second-order valence-electron chi connectivity index (χ2n) is 17.9. The molecule has 0 aliphatic carbocycles. The monoisotopic (exact) mass is 895 g/mol. The zero-order valence-electron chi connectivity index (χ0n) is 37.4. The molecule has 1 aromatic heterocycles. The number of hydrogen-bond donors (Lipinski definition) is 0. The van der Waals surface area contributed by atoms with Crippen molar-refractivity contribution in [3.63, 3.8) is 0 Å². The van der Waals surface area contributed by atoms with E-state index in [4.69, 9.17) is 4.74 Å². The van der Waals surface area contributed by atoms with Crippen molar-refractivity contribution in [1.29, 1.82) is 0 Å². The third-order valence-corrected chi connectivity index (χ3v) is 15.3. The van der Waals surface area contributed by atoms with Gasteiger partial charge in [-0.1, -0.05) is 200 Å². The predicted molar refractivity (Wildman–Crippen MR) is 296 cm³/mol. The standard InChI is InChI=1S/C66H41NOS/c1-2-18-42(19-3-1)45-20-12-15-31-61(45)67(44-35-39-63-60(41-44)52-27-9-8-25-50(52)54-28-13-16-32-62(54)68-63)43-34-36-53-49-24-7-5-22-47(49)46-21-4-6-23-48(46)51-26-10-11-30-56(51)65-57(59(53)40-43)37-38-58-55-29-14-17-33-64(55)69-66(58)65/h1-41H. The van der Waals surface area contributed by atoms with Gasteiger partial charge in [-0.25, -0.2) is 0 Å². The zero-order chi connectivity index (χ0) is 45.4. The van der Waals surface area contributed by atoms with Crippen molar-refractivity contribution in [2.45, 2.75) is 0 Å². The summed E-state index contributed by atoms with van der Waals surface area (Å²) in [6.07, 6.45) is 0. The molecule has 12 aromatic carbocycles. The van der Waals surface area contributed by atoms with Gasteiger partial charge in [-0.2, -0.15) is 0 Å². The van der Waals surface area contributed by atoms with E-state index < -0.39 is 0 Å². The predicted octanol–water partition coefficient (Wildman–Crippen LogP) is 19.5. The number of thiophene rings is 1. The summed E-state index contributed by atoms with van der Waals surface area (Å²) in [4.78, 5) is 2.45. The number of benzene rings is 11. The molecular weight excluding hydrogens is 855 g/mol. The molecule has 0 N–H and O–H groups in total. The van der Waals surface area contributed by atoms with Gasteiger partial charge >= 0.3 is 0 Å². The highest BCUT2D eigenvalue weighted by Crippen LogP contribution is 2.51. The summed E-state index contributed by atoms with van der Waals surface area (Å²) in [5.41, 5.74) is 9.86. The lowest BCUT2D eigenvalue weighted by atomic mass is 9.93. The van der Waals surface area contributed by atoms with E-state index in [0.717, 1.165) is 61.9 Å². The number of nitrogens with zero attached hydrogens (tertiary/aromatic N) is 1. The maximum absolute atomic E-state index is 6.81. The molecule has 13 aromatic rings. The Bertz CT molecular complexity index is 4300. The zero-order valence-corrected chi connectivity index (χ0v) is 38.3. The Labute approximate surface area is 403 Å². The van der Waals surface area contributed by atoms with Crippen LogP contribution in [-0.4, -0.2) is 0 Å². The van der Waals surface area contributed by atoms with Gasteiger partial charge in [-0.05, 0) is 114 Å². The van der Waals surface area contributed by atoms with Crippen LogP contribution in [0.1, 0.15) is 0 Å². The maximum Gasteiger partial charge on any atom is 0.135 e. The van der Waals surface area contributed by atoms with Crippen LogP contribution in [0.2, 0.25) is 0 Å². The Hall–Kier alpha value is -8.76. The molecule has 322 valence electrons. The van der Waals surface area contributed by atoms with E-state index in [2.05, 4.69) is 248 Å². The molecule has 3 heteroatoms. The molecule has 0 saturated carbocycles. The number of fused-ring (bicyclic) bond motifs is 19. The van der Waals surface area contributed by atoms with E-state index in [-0.39, 0.29) is 0 Å². The highest BCUT2D eigenvalue weighted by Gasteiger charge is 2.25. The number of anilines is 3. The normalized spacial score (nSPS) is 11.9. The largest absolute Gasteiger partial charge is 0.456 e. The van der Waals surface area contributed by atoms with Crippen LogP contribution in [-0.2, 0) is 0 Å². The average molecular weight is 896 g/mol. The third-order valence-electron chi connectivity index (χ3n) is 14.1. The fraction of sp³-hybridized carbons (Fsp3) is 0. The van der Waals surface area contributed by atoms with E-state index >= 15 is 0 Å². The SMILES string of the molecule is c1ccc(-c2ccccc2N(c2ccc3c(c2)-c2ccccc2-c2ccccc2O3)c2ccc3c4ccccc4c4ccccc4c4ccccc4c4c(ccc5c6ccccc6sc54)c3c2)cc1. The molecule has 2 heterocycles. The summed E-state index contributed by atoms with van der Waals surface area (Å²) in [5, 5.41) is 14.7. The van der Waals surface area contributed by atoms with Crippen LogP contribution in [0.5, 0.6) is 11.5 Å². The number of hydrogen-bond acceptors (Lipinski definition) is 3. The molecule has 0 bridgehead atoms. The van der Waals surface area contributed by atoms with Crippen molar-refractivity contribution < 1.29 is 4.74 Å². The molecule has 0 fully saturated rings. The number of para-hydroxylation sites is 2. The molecule has 1 aliphatic rings. The molecule has 0 radical (unpaired) electrons. The maximum atomic E-state index is 6.81. The van der Waals surface area contributed by atoms with E-state index in [1.165, 1.54) is 74.0 Å². The first kappa shape index (κ1) is 39.4. The van der Waals surface area contributed by atoms with Crippen LogP contribution in [0.4, 0.5) is 17.1 Å². The summed E-state index contributed by atoms with van der Waals surface area (Å²) >= 11 is 1.90. The van der Waals surface area contributed by atoms with Gasteiger partial charge in [0.1, 0.15) is 11.5 Å². The van der Waals surface area contributed by atoms with Gasteiger partial charge in [0.25, 0.3) is 0 Å². The van der Waals surface area contributed by atoms with Gasteiger partial charge in [-0.3, -0.25) is 0 Å². The van der Waals surface area contributed by atoms with Gasteiger partial charge in [0.2, 0.25) is 0 Å². The molecule has 2 nitrogen and oxygen atoms in total. The first-order valence-corrected chi connectivity index (χ1v) is 24.4. The van der Waals surface area contributed by atoms with Gasteiger partial charge < -0.3 is 9.64 Å². The van der Waals surface area contributed by atoms with Gasteiger partial charge in [-0.15, -0.1) is 11.3 Å². The van der Waals surface area contributed by atoms with E-state index in [9.17, 15) is 0 Å². The van der Waals surface area contributed by atoms with Crippen LogP contribution >= 0.6 is 11.3 Å². The van der Waals surface area contributed by atoms with Crippen LogP contribution in [0.25, 0.3) is 107 Å². The lowest BCUT2D eigenvalue weighted by molar-refractivity contribution is 0.488. The number of rotatable bonds is 4. The highest BCUT2D eigenvalue weighted by molar-refractivity contribution is 7.26. The molecule has 69 heavy (non-hydrogen) atoms. The summed E-state index contributed by atoms with van der Waals surface area (Å²) in [7, 11) is 0. The summed E-state index contributed by atoms with van der Waals surface area (Å²) in [6.45, 7) is 0. The molecule has 0 saturated heterocycles. The van der Waals surface area contributed by atoms with E-state index in [1.54, 1.807) is 0 Å². The molecule has 1 aliphatic heterocycles. The van der Waals surface area contributed by atoms with Crippen molar-refractivity contribution in [1.82, 2.24) is 0 Å². The minimum Gasteiger partial charge on any atom is -0.456 e. The van der Waals surface area contributed by atoms with Gasteiger partial charge in [0, 0.05) is 53.6 Å². The van der Waals surface area contributed by atoms with Gasteiger partial charge in [0.15, 0.2) is 0 Å². The van der Waals surface area contributed by atoms with Crippen LogP contribution in [0.15, 0.2) is 249 Å². The van der Waals surface area contributed by atoms with Crippen molar-refractivity contribution in [2.75, 3.05) is 4.90 Å². The topological polar surface area (TPSA) is 12.5 Å². The first-order valence-electron chi connectivity index (χ1n) is 23.6. The molecule has 0 unspecified atom stereocenters. The van der Waals surface area contributed by atoms with Gasteiger partial charge in [0.05, 0.1) is 5.69 Å². The van der Waals surface area contributed by atoms with Crippen molar-refractivity contribution in [3.05, 3.63) is 249 Å². The first-order chi connectivity index (χ1) is 34.2. The van der Waals surface area contributed by atoms with Crippen molar-refractivity contribution >= 4 is 102 Å². The number of ether oxygens (including phenoxy) is 1. The highest BCUT2D eigenvalue weighted by atomic mass is 32.1. The van der Waals surface area contributed by atoms with Crippen molar-refractivity contribution in [2.24, 2.45) is 0 Å². The minimum absolute atomic E-state index is 0.828. The lowest BCUT2D eigenvalue weighted by Crippen LogP contribution is -2.11. The van der Waals surface area contributed by atoms with Crippen LogP contribution < -0.4 is 9.64 Å². The van der Waals surface area contributed by atoms with E-state index in [0.29, 0.717) is 0 Å². The Balaban J connectivity index is 1.15. The third kappa shape index (κ3) is 6.32. The molecule has 14 rings (SSSR count). The Kier molecular flexibility index (Phi) is 9.11. The second kappa shape index (κ2) is 16.0. The summed E-state index contributed by atoms with van der Waals surface area (Å²) in [5.74, 6) is 1.68. The van der Waals surface area contributed by atoms with Crippen LogP contribution in [0.3, 0.4) is 0 Å². The molecule has 0 spiro atoms. The smallest absolute Gasteiger partial charge is 0.135 e. The van der Waals surface area contributed by atoms with Crippen molar-refractivity contribution in [3.8, 4) is 44.9 Å². The average Bonchev–Trinajstić information content (AvgIpc) is 3.73. The summed E-state index contributed by atoms with van der Waals surface area (Å²) < 4.78 is 9.39. The van der Waals surface area contributed by atoms with E-state index in [1.807, 2.05) is 17.4 Å². The fourth-order valence-electron chi connectivity index (χ4n) is 11.0. The second-order valence-corrected chi connectivity index (χ2v) is 18.9. The Morgan fingerprint density at radius 2 is 0.754 bits per heavy atom. The minimum atomic E-state index is 0.828. The summed E-state index contributed by atoms with van der Waals surface area (Å²) in [6, 6.07) is 91.0. The molecule has 0 atom stereocenters. The Morgan fingerprint density at radius 1 is 0.290 bits per heavy atom. The molecular formula is C66H41NOS. The lowest BCUT2D eigenvalue weighted by Gasteiger charge is -2.29. The Morgan fingerprint density at radius 3 is 1.48 bits per heavy atom. The quantitative estimate of drug-likeness (QED) is 0.175. The fourth-order valence-corrected chi connectivity index (χ4v) is 12.3.